The molecule has 28 heavy (non-hydrogen) atoms. The summed E-state index contributed by atoms with van der Waals surface area (Å²) in [6.45, 7) is 8.21. The van der Waals surface area contributed by atoms with Crippen LogP contribution in [0.25, 0.3) is 0 Å². The second-order valence-corrected chi connectivity index (χ2v) is 6.93. The van der Waals surface area contributed by atoms with Crippen LogP contribution in [0, 0.1) is 33.5 Å². The minimum atomic E-state index is -0.310. The van der Waals surface area contributed by atoms with Crippen LogP contribution >= 0.6 is 0 Å². The van der Waals surface area contributed by atoms with Gasteiger partial charge in [0, 0.05) is 17.9 Å². The highest BCUT2D eigenvalue weighted by molar-refractivity contribution is 5.92. The lowest BCUT2D eigenvalue weighted by atomic mass is 10.1. The summed E-state index contributed by atoms with van der Waals surface area (Å²) in [5.74, 6) is -0.240. The number of rotatable bonds is 5. The highest BCUT2D eigenvalue weighted by atomic mass is 19.1. The molecule has 0 saturated heterocycles. The lowest BCUT2D eigenvalue weighted by Crippen LogP contribution is -2.24. The standard InChI is InChI=1S/C22H23FN4O/c1-13-9-14(2)20(15(3)10-13)27-22-25-16(4)11-19(26-22)21(28)24-12-17-5-7-18(23)8-6-17/h5-11H,12H2,1-4H3,(H,24,28)(H,25,26,27). The van der Waals surface area contributed by atoms with Crippen LogP contribution in [0.5, 0.6) is 0 Å². The van der Waals surface area contributed by atoms with Crippen LogP contribution in [0.2, 0.25) is 0 Å². The van der Waals surface area contributed by atoms with Crippen LogP contribution in [0.15, 0.2) is 42.5 Å². The first kappa shape index (κ1) is 19.5. The molecule has 0 aliphatic carbocycles. The summed E-state index contributed by atoms with van der Waals surface area (Å²) in [5.41, 5.74) is 6.08. The summed E-state index contributed by atoms with van der Waals surface area (Å²) in [6, 6.07) is 11.8. The number of halogens is 1. The number of benzene rings is 2. The summed E-state index contributed by atoms with van der Waals surface area (Å²) < 4.78 is 13.0. The fourth-order valence-electron chi connectivity index (χ4n) is 3.10. The molecule has 0 bridgehead atoms. The molecule has 5 nitrogen and oxygen atoms in total. The van der Waals surface area contributed by atoms with E-state index in [1.54, 1.807) is 18.2 Å². The van der Waals surface area contributed by atoms with Crippen molar-refractivity contribution >= 4 is 17.5 Å². The van der Waals surface area contributed by atoms with Crippen molar-refractivity contribution in [2.24, 2.45) is 0 Å². The maximum Gasteiger partial charge on any atom is 0.270 e. The van der Waals surface area contributed by atoms with Gasteiger partial charge in [0.1, 0.15) is 11.5 Å². The average Bonchev–Trinajstić information content (AvgIpc) is 2.63. The van der Waals surface area contributed by atoms with Crippen molar-refractivity contribution in [2.45, 2.75) is 34.2 Å². The van der Waals surface area contributed by atoms with Crippen LogP contribution in [0.4, 0.5) is 16.0 Å². The fraction of sp³-hybridized carbons (Fsp3) is 0.227. The molecule has 0 aliphatic rings. The van der Waals surface area contributed by atoms with Gasteiger partial charge in [-0.15, -0.1) is 0 Å². The van der Waals surface area contributed by atoms with Gasteiger partial charge in [0.2, 0.25) is 5.95 Å². The summed E-state index contributed by atoms with van der Waals surface area (Å²) in [7, 11) is 0. The van der Waals surface area contributed by atoms with Crippen molar-refractivity contribution in [1.29, 1.82) is 0 Å². The molecule has 0 atom stereocenters. The van der Waals surface area contributed by atoms with Gasteiger partial charge in [-0.25, -0.2) is 14.4 Å². The third kappa shape index (κ3) is 4.71. The predicted molar refractivity (Wildman–Crippen MR) is 108 cm³/mol. The van der Waals surface area contributed by atoms with Gasteiger partial charge < -0.3 is 10.6 Å². The summed E-state index contributed by atoms with van der Waals surface area (Å²) >= 11 is 0. The molecule has 3 aromatic rings. The third-order valence-corrected chi connectivity index (χ3v) is 4.37. The van der Waals surface area contributed by atoms with E-state index in [2.05, 4.69) is 39.7 Å². The number of nitrogens with zero attached hydrogens (tertiary/aromatic N) is 2. The van der Waals surface area contributed by atoms with Crippen molar-refractivity contribution in [3.05, 3.63) is 81.9 Å². The Balaban J connectivity index is 1.77. The molecular formula is C22H23FN4O. The van der Waals surface area contributed by atoms with Gasteiger partial charge in [0.25, 0.3) is 5.91 Å². The Morgan fingerprint density at radius 3 is 2.25 bits per heavy atom. The number of hydrogen-bond acceptors (Lipinski definition) is 4. The van der Waals surface area contributed by atoms with Crippen LogP contribution in [-0.2, 0) is 6.54 Å². The number of carbonyl (C=O) groups is 1. The molecule has 6 heteroatoms. The Kier molecular flexibility index (Phi) is 5.68. The van der Waals surface area contributed by atoms with Crippen LogP contribution in [0.3, 0.4) is 0 Å². The molecule has 0 aliphatic heterocycles. The molecule has 2 N–H and O–H groups in total. The third-order valence-electron chi connectivity index (χ3n) is 4.37. The van der Waals surface area contributed by atoms with Gasteiger partial charge >= 0.3 is 0 Å². The maximum absolute atomic E-state index is 13.0. The van der Waals surface area contributed by atoms with Gasteiger partial charge in [-0.1, -0.05) is 29.8 Å². The number of hydrogen-bond donors (Lipinski definition) is 2. The van der Waals surface area contributed by atoms with Gasteiger partial charge in [-0.05, 0) is 62.6 Å². The first-order valence-corrected chi connectivity index (χ1v) is 9.05. The van der Waals surface area contributed by atoms with Crippen LogP contribution < -0.4 is 10.6 Å². The van der Waals surface area contributed by atoms with Crippen LogP contribution in [-0.4, -0.2) is 15.9 Å². The second kappa shape index (κ2) is 8.17. The quantitative estimate of drug-likeness (QED) is 0.685. The van der Waals surface area contributed by atoms with E-state index in [0.717, 1.165) is 22.4 Å². The summed E-state index contributed by atoms with van der Waals surface area (Å²) in [6.07, 6.45) is 0. The molecule has 0 saturated carbocycles. The zero-order valence-corrected chi connectivity index (χ0v) is 16.4. The van der Waals surface area contributed by atoms with Crippen molar-refractivity contribution in [3.8, 4) is 0 Å². The first-order chi connectivity index (χ1) is 13.3. The average molecular weight is 378 g/mol. The summed E-state index contributed by atoms with van der Waals surface area (Å²) in [5, 5.41) is 6.04. The minimum absolute atomic E-state index is 0.277. The zero-order valence-electron chi connectivity index (χ0n) is 16.4. The molecule has 1 heterocycles. The topological polar surface area (TPSA) is 66.9 Å². The van der Waals surface area contributed by atoms with Crippen molar-refractivity contribution < 1.29 is 9.18 Å². The lowest BCUT2D eigenvalue weighted by Gasteiger charge is -2.14. The van der Waals surface area contributed by atoms with E-state index in [4.69, 9.17) is 0 Å². The molecule has 0 fully saturated rings. The van der Waals surface area contributed by atoms with Gasteiger partial charge in [-0.3, -0.25) is 4.79 Å². The normalized spacial score (nSPS) is 10.6. The number of aryl methyl sites for hydroxylation is 4. The minimum Gasteiger partial charge on any atom is -0.347 e. The van der Waals surface area contributed by atoms with E-state index < -0.39 is 0 Å². The van der Waals surface area contributed by atoms with E-state index in [9.17, 15) is 9.18 Å². The molecule has 3 rings (SSSR count). The second-order valence-electron chi connectivity index (χ2n) is 6.93. The number of anilines is 2. The van der Waals surface area contributed by atoms with E-state index in [0.29, 0.717) is 18.2 Å². The Labute approximate surface area is 164 Å². The SMILES string of the molecule is Cc1cc(C)c(Nc2nc(C)cc(C(=O)NCc3ccc(F)cc3)n2)c(C)c1. The molecule has 1 amide bonds. The van der Waals surface area contributed by atoms with Gasteiger partial charge in [0.05, 0.1) is 0 Å². The first-order valence-electron chi connectivity index (χ1n) is 9.05. The highest BCUT2D eigenvalue weighted by Gasteiger charge is 2.12. The molecule has 2 aromatic carbocycles. The van der Waals surface area contributed by atoms with E-state index in [1.165, 1.54) is 17.7 Å². The number of nitrogens with one attached hydrogen (secondary N) is 2. The number of carbonyl (C=O) groups excluding carboxylic acids is 1. The largest absolute Gasteiger partial charge is 0.347 e. The Morgan fingerprint density at radius 1 is 0.964 bits per heavy atom. The molecule has 0 radical (unpaired) electrons. The maximum atomic E-state index is 13.0. The van der Waals surface area contributed by atoms with Crippen molar-refractivity contribution in [1.82, 2.24) is 15.3 Å². The Morgan fingerprint density at radius 2 is 1.61 bits per heavy atom. The molecule has 0 unspecified atom stereocenters. The van der Waals surface area contributed by atoms with E-state index in [-0.39, 0.29) is 17.4 Å². The molecule has 1 aromatic heterocycles. The lowest BCUT2D eigenvalue weighted by molar-refractivity contribution is 0.0945. The monoisotopic (exact) mass is 378 g/mol. The zero-order chi connectivity index (χ0) is 20.3. The molecule has 0 spiro atoms. The Bertz CT molecular complexity index is 993. The van der Waals surface area contributed by atoms with E-state index >= 15 is 0 Å². The van der Waals surface area contributed by atoms with E-state index in [1.807, 2.05) is 20.8 Å². The fourth-order valence-corrected chi connectivity index (χ4v) is 3.10. The van der Waals surface area contributed by atoms with Crippen molar-refractivity contribution in [3.63, 3.8) is 0 Å². The number of amides is 1. The van der Waals surface area contributed by atoms with Gasteiger partial charge in [0.15, 0.2) is 0 Å². The predicted octanol–water partition coefficient (Wildman–Crippen LogP) is 4.52. The van der Waals surface area contributed by atoms with Gasteiger partial charge in [-0.2, -0.15) is 0 Å². The Hall–Kier alpha value is -3.28. The summed E-state index contributed by atoms with van der Waals surface area (Å²) in [4.78, 5) is 21.3. The molecule has 144 valence electrons. The van der Waals surface area contributed by atoms with Crippen molar-refractivity contribution in [2.75, 3.05) is 5.32 Å². The smallest absolute Gasteiger partial charge is 0.270 e. The highest BCUT2D eigenvalue weighted by Crippen LogP contribution is 2.24. The van der Waals surface area contributed by atoms with Crippen LogP contribution in [0.1, 0.15) is 38.4 Å². The molecular weight excluding hydrogens is 355 g/mol. The number of aromatic nitrogens is 2.